The number of carbonyl (C=O) groups excluding carboxylic acids is 2. The molecule has 150 valence electrons. The van der Waals surface area contributed by atoms with E-state index in [0.29, 0.717) is 16.5 Å². The van der Waals surface area contributed by atoms with E-state index in [-0.39, 0.29) is 12.1 Å². The second-order valence-corrected chi connectivity index (χ2v) is 7.26. The van der Waals surface area contributed by atoms with Crippen molar-refractivity contribution in [3.8, 4) is 6.07 Å². The van der Waals surface area contributed by atoms with Gasteiger partial charge in [-0.1, -0.05) is 67.9 Å². The Hall–Kier alpha value is -3.10. The number of esters is 1. The molecule has 0 saturated heterocycles. The van der Waals surface area contributed by atoms with Gasteiger partial charge in [-0.2, -0.15) is 5.26 Å². The normalized spacial score (nSPS) is 12.2. The number of amides is 1. The Morgan fingerprint density at radius 2 is 1.79 bits per heavy atom. The second-order valence-electron chi connectivity index (χ2n) is 6.85. The van der Waals surface area contributed by atoms with Gasteiger partial charge < -0.3 is 10.1 Å². The third-order valence-electron chi connectivity index (χ3n) is 4.32. The highest BCUT2D eigenvalue weighted by Crippen LogP contribution is 2.17. The molecule has 0 radical (unpaired) electrons. The Balaban J connectivity index is 1.98. The van der Waals surface area contributed by atoms with E-state index in [4.69, 9.17) is 16.3 Å². The van der Waals surface area contributed by atoms with Gasteiger partial charge in [0.2, 0.25) is 0 Å². The lowest BCUT2D eigenvalue weighted by molar-refractivity contribution is -0.150. The first kappa shape index (κ1) is 22.2. The van der Waals surface area contributed by atoms with Gasteiger partial charge in [-0.05, 0) is 41.7 Å². The standard InChI is InChI=1S/C23H23ClN2O3/c1-15(2)18-10-8-17(9-11-18)12-20(13-25)23(28)29-16(3)22(27)26-14-19-6-4-5-7-21(19)24/h4-12,15-16H,14H2,1-3H3,(H,26,27)/b20-12+/t16-/m0/s1. The van der Waals surface area contributed by atoms with Crippen molar-refractivity contribution in [2.45, 2.75) is 39.3 Å². The first-order valence-electron chi connectivity index (χ1n) is 9.25. The van der Waals surface area contributed by atoms with Crippen LogP contribution in [0.1, 0.15) is 43.4 Å². The summed E-state index contributed by atoms with van der Waals surface area (Å²) in [5, 5.41) is 12.5. The van der Waals surface area contributed by atoms with Gasteiger partial charge in [0.15, 0.2) is 6.10 Å². The highest BCUT2D eigenvalue weighted by atomic mass is 35.5. The first-order chi connectivity index (χ1) is 13.8. The Bertz CT molecular complexity index is 943. The van der Waals surface area contributed by atoms with Crippen LogP contribution in [0.3, 0.4) is 0 Å². The quantitative estimate of drug-likeness (QED) is 0.410. The van der Waals surface area contributed by atoms with Crippen molar-refractivity contribution in [1.29, 1.82) is 5.26 Å². The molecule has 0 aliphatic rings. The monoisotopic (exact) mass is 410 g/mol. The van der Waals surface area contributed by atoms with E-state index < -0.39 is 18.0 Å². The van der Waals surface area contributed by atoms with E-state index in [9.17, 15) is 14.9 Å². The van der Waals surface area contributed by atoms with Gasteiger partial charge in [0.05, 0.1) is 0 Å². The highest BCUT2D eigenvalue weighted by molar-refractivity contribution is 6.31. The van der Waals surface area contributed by atoms with Crippen LogP contribution in [0.2, 0.25) is 5.02 Å². The maximum atomic E-state index is 12.3. The minimum absolute atomic E-state index is 0.173. The number of rotatable bonds is 7. The lowest BCUT2D eigenvalue weighted by atomic mass is 10.0. The van der Waals surface area contributed by atoms with Crippen LogP contribution in [-0.2, 0) is 20.9 Å². The lowest BCUT2D eigenvalue weighted by Crippen LogP contribution is -2.35. The largest absolute Gasteiger partial charge is 0.448 e. The van der Waals surface area contributed by atoms with Crippen LogP contribution in [0.4, 0.5) is 0 Å². The molecule has 0 bridgehead atoms. The zero-order chi connectivity index (χ0) is 21.4. The van der Waals surface area contributed by atoms with Crippen molar-refractivity contribution in [1.82, 2.24) is 5.32 Å². The van der Waals surface area contributed by atoms with Crippen molar-refractivity contribution in [3.05, 3.63) is 75.8 Å². The van der Waals surface area contributed by atoms with Crippen LogP contribution in [-0.4, -0.2) is 18.0 Å². The molecule has 0 saturated carbocycles. The molecular weight excluding hydrogens is 388 g/mol. The summed E-state index contributed by atoms with van der Waals surface area (Å²) >= 11 is 6.06. The first-order valence-corrected chi connectivity index (χ1v) is 9.63. The van der Waals surface area contributed by atoms with Gasteiger partial charge in [0.25, 0.3) is 5.91 Å². The molecule has 2 aromatic rings. The fraction of sp³-hybridized carbons (Fsp3) is 0.261. The van der Waals surface area contributed by atoms with Crippen LogP contribution in [0, 0.1) is 11.3 Å². The fourth-order valence-corrected chi connectivity index (χ4v) is 2.73. The third kappa shape index (κ3) is 6.48. The van der Waals surface area contributed by atoms with E-state index in [2.05, 4.69) is 19.2 Å². The minimum atomic E-state index is -1.05. The topological polar surface area (TPSA) is 79.2 Å². The van der Waals surface area contributed by atoms with E-state index in [1.165, 1.54) is 13.0 Å². The maximum absolute atomic E-state index is 12.3. The average molecular weight is 411 g/mol. The van der Waals surface area contributed by atoms with Crippen molar-refractivity contribution >= 4 is 29.6 Å². The summed E-state index contributed by atoms with van der Waals surface area (Å²) in [6.07, 6.45) is 0.394. The molecule has 2 rings (SSSR count). The number of carbonyl (C=O) groups is 2. The van der Waals surface area contributed by atoms with Crippen molar-refractivity contribution in [2.75, 3.05) is 0 Å². The van der Waals surface area contributed by atoms with Gasteiger partial charge in [-0.15, -0.1) is 0 Å². The summed E-state index contributed by atoms with van der Waals surface area (Å²) in [7, 11) is 0. The molecule has 29 heavy (non-hydrogen) atoms. The van der Waals surface area contributed by atoms with Gasteiger partial charge in [-0.25, -0.2) is 4.79 Å². The van der Waals surface area contributed by atoms with Gasteiger partial charge in [0, 0.05) is 11.6 Å². The van der Waals surface area contributed by atoms with Crippen LogP contribution in [0.5, 0.6) is 0 Å². The van der Waals surface area contributed by atoms with E-state index >= 15 is 0 Å². The van der Waals surface area contributed by atoms with Gasteiger partial charge in [-0.3, -0.25) is 4.79 Å². The average Bonchev–Trinajstić information content (AvgIpc) is 2.71. The number of nitrogens with one attached hydrogen (secondary N) is 1. The molecule has 1 atom stereocenters. The highest BCUT2D eigenvalue weighted by Gasteiger charge is 2.20. The number of hydrogen-bond acceptors (Lipinski definition) is 4. The summed E-state index contributed by atoms with van der Waals surface area (Å²) < 4.78 is 5.14. The Kier molecular flexibility index (Phi) is 7.99. The number of benzene rings is 2. The Morgan fingerprint density at radius 3 is 2.38 bits per heavy atom. The summed E-state index contributed by atoms with van der Waals surface area (Å²) in [4.78, 5) is 24.5. The molecule has 6 heteroatoms. The molecule has 0 aromatic heterocycles. The van der Waals surface area contributed by atoms with Gasteiger partial charge >= 0.3 is 5.97 Å². The van der Waals surface area contributed by atoms with Crippen molar-refractivity contribution < 1.29 is 14.3 Å². The number of hydrogen-bond donors (Lipinski definition) is 1. The van der Waals surface area contributed by atoms with Crippen LogP contribution in [0.25, 0.3) is 6.08 Å². The van der Waals surface area contributed by atoms with Crippen LogP contribution in [0.15, 0.2) is 54.1 Å². The van der Waals surface area contributed by atoms with Crippen LogP contribution < -0.4 is 5.32 Å². The second kappa shape index (κ2) is 10.4. The predicted octanol–water partition coefficient (Wildman–Crippen LogP) is 4.62. The smallest absolute Gasteiger partial charge is 0.349 e. The molecule has 0 aliphatic carbocycles. The number of nitrogens with zero attached hydrogens (tertiary/aromatic N) is 1. The SMILES string of the molecule is CC(C)c1ccc(/C=C(\C#N)C(=O)O[C@@H](C)C(=O)NCc2ccccc2Cl)cc1. The molecule has 0 unspecified atom stereocenters. The molecule has 2 aromatic carbocycles. The lowest BCUT2D eigenvalue weighted by Gasteiger charge is -2.13. The molecule has 0 spiro atoms. The zero-order valence-corrected chi connectivity index (χ0v) is 17.4. The van der Waals surface area contributed by atoms with E-state index in [0.717, 1.165) is 11.1 Å². The molecular formula is C23H23ClN2O3. The zero-order valence-electron chi connectivity index (χ0n) is 16.6. The van der Waals surface area contributed by atoms with Crippen molar-refractivity contribution in [2.24, 2.45) is 0 Å². The Labute approximate surface area is 175 Å². The van der Waals surface area contributed by atoms with Gasteiger partial charge in [0.1, 0.15) is 11.6 Å². The number of nitriles is 1. The molecule has 1 amide bonds. The third-order valence-corrected chi connectivity index (χ3v) is 4.69. The summed E-state index contributed by atoms with van der Waals surface area (Å²) in [6.45, 7) is 5.83. The van der Waals surface area contributed by atoms with Crippen molar-refractivity contribution in [3.63, 3.8) is 0 Å². The summed E-state index contributed by atoms with van der Waals surface area (Å²) in [6, 6.07) is 16.5. The molecule has 0 heterocycles. The van der Waals surface area contributed by atoms with E-state index in [1.807, 2.05) is 36.4 Å². The fourth-order valence-electron chi connectivity index (χ4n) is 2.53. The molecule has 1 N–H and O–H groups in total. The minimum Gasteiger partial charge on any atom is -0.448 e. The summed E-state index contributed by atoms with van der Waals surface area (Å²) in [5.74, 6) is -0.934. The molecule has 0 fully saturated rings. The molecule has 5 nitrogen and oxygen atoms in total. The molecule has 0 aliphatic heterocycles. The van der Waals surface area contributed by atoms with E-state index in [1.54, 1.807) is 18.2 Å². The number of ether oxygens (including phenoxy) is 1. The predicted molar refractivity (Wildman–Crippen MR) is 113 cm³/mol. The van der Waals surface area contributed by atoms with Crippen LogP contribution >= 0.6 is 11.6 Å². The maximum Gasteiger partial charge on any atom is 0.349 e. The summed E-state index contributed by atoms with van der Waals surface area (Å²) in [5.41, 5.74) is 2.45. The number of halogens is 1. The Morgan fingerprint density at radius 1 is 1.14 bits per heavy atom.